The third-order valence-corrected chi connectivity index (χ3v) is 4.42. The van der Waals surface area contributed by atoms with Gasteiger partial charge in [-0.1, -0.05) is 0 Å². The number of aliphatic imine (C=N–C) groups is 1. The van der Waals surface area contributed by atoms with Crippen LogP contribution >= 0.6 is 0 Å². The lowest BCUT2D eigenvalue weighted by Gasteiger charge is -2.24. The summed E-state index contributed by atoms with van der Waals surface area (Å²) in [6.45, 7) is 2.78. The second-order valence-electron chi connectivity index (χ2n) is 7.42. The molecule has 33 heavy (non-hydrogen) atoms. The molecule has 0 aromatic rings. The number of nitrogens with one attached hydrogen (secondary N) is 3. The van der Waals surface area contributed by atoms with Gasteiger partial charge in [0.15, 0.2) is 12.0 Å². The number of primary amides is 1. The lowest BCUT2D eigenvalue weighted by molar-refractivity contribution is -0.145. The first-order chi connectivity index (χ1) is 15.3. The summed E-state index contributed by atoms with van der Waals surface area (Å²) in [6.07, 6.45) is -1.27. The van der Waals surface area contributed by atoms with Gasteiger partial charge in [0.05, 0.1) is 12.1 Å². The summed E-state index contributed by atoms with van der Waals surface area (Å²) in [5.74, 6) is -4.69. The molecule has 0 saturated carbocycles. The van der Waals surface area contributed by atoms with Crippen LogP contribution in [0.25, 0.3) is 0 Å². The van der Waals surface area contributed by atoms with E-state index in [0.717, 1.165) is 6.92 Å². The third-order valence-electron chi connectivity index (χ3n) is 4.42. The minimum atomic E-state index is -1.64. The summed E-state index contributed by atoms with van der Waals surface area (Å²) >= 11 is 0. The van der Waals surface area contributed by atoms with E-state index in [1.807, 2.05) is 0 Å². The van der Waals surface area contributed by atoms with Crippen molar-refractivity contribution >= 4 is 35.6 Å². The smallest absolute Gasteiger partial charge is 0.328 e. The van der Waals surface area contributed by atoms with Crippen molar-refractivity contribution < 1.29 is 34.2 Å². The second-order valence-corrected chi connectivity index (χ2v) is 7.42. The van der Waals surface area contributed by atoms with Crippen molar-refractivity contribution in [1.29, 1.82) is 0 Å². The predicted molar refractivity (Wildman–Crippen MR) is 117 cm³/mol. The van der Waals surface area contributed by atoms with E-state index in [1.165, 1.54) is 6.92 Å². The van der Waals surface area contributed by atoms with Crippen LogP contribution in [-0.2, 0) is 24.0 Å². The summed E-state index contributed by atoms with van der Waals surface area (Å²) in [7, 11) is 0. The maximum absolute atomic E-state index is 12.5. The molecule has 0 saturated heterocycles. The van der Waals surface area contributed by atoms with E-state index >= 15 is 0 Å². The summed E-state index contributed by atoms with van der Waals surface area (Å²) in [5, 5.41) is 25.4. The molecule has 0 aliphatic heterocycles. The maximum atomic E-state index is 12.5. The van der Waals surface area contributed by atoms with Gasteiger partial charge in [-0.25, -0.2) is 4.79 Å². The Morgan fingerprint density at radius 3 is 2.00 bits per heavy atom. The molecular formula is C18H34N8O7. The van der Waals surface area contributed by atoms with Gasteiger partial charge < -0.3 is 49.1 Å². The standard InChI is InChI=1S/C18H34N8O7/c1-8(24-15(30)10(19)4-3-7-23-18(21)22)14(29)25-11(5-6-12(20)28)16(31)26-13(9(2)27)17(32)33/h8-11,13,27H,3-7,19H2,1-2H3,(H2,20,28)(H,24,30)(H,25,29)(H,26,31)(H,32,33)(H4,21,22,23). The Balaban J connectivity index is 5.03. The zero-order chi connectivity index (χ0) is 25.7. The van der Waals surface area contributed by atoms with Crippen LogP contribution < -0.4 is 38.9 Å². The largest absolute Gasteiger partial charge is 0.480 e. The Kier molecular flexibility index (Phi) is 13.0. The molecule has 188 valence electrons. The fourth-order valence-corrected chi connectivity index (χ4v) is 2.53. The molecule has 15 nitrogen and oxygen atoms in total. The number of nitrogens with zero attached hydrogens (tertiary/aromatic N) is 1. The van der Waals surface area contributed by atoms with Crippen LogP contribution in [-0.4, -0.2) is 82.6 Å². The number of aliphatic carboxylic acids is 1. The van der Waals surface area contributed by atoms with Crippen LogP contribution in [0.15, 0.2) is 4.99 Å². The minimum Gasteiger partial charge on any atom is -0.480 e. The Morgan fingerprint density at radius 2 is 1.52 bits per heavy atom. The second kappa shape index (κ2) is 14.6. The summed E-state index contributed by atoms with van der Waals surface area (Å²) < 4.78 is 0. The fourth-order valence-electron chi connectivity index (χ4n) is 2.53. The van der Waals surface area contributed by atoms with E-state index < -0.39 is 59.9 Å². The minimum absolute atomic E-state index is 0.0867. The van der Waals surface area contributed by atoms with Gasteiger partial charge in [-0.05, 0) is 33.1 Å². The number of carboxylic acid groups (broad SMARTS) is 1. The average Bonchev–Trinajstić information content (AvgIpc) is 2.70. The molecular weight excluding hydrogens is 440 g/mol. The van der Waals surface area contributed by atoms with Gasteiger partial charge in [-0.15, -0.1) is 0 Å². The number of guanidine groups is 1. The molecule has 0 spiro atoms. The van der Waals surface area contributed by atoms with Crippen molar-refractivity contribution in [1.82, 2.24) is 16.0 Å². The molecule has 15 heteroatoms. The Hall–Kier alpha value is -3.46. The molecule has 0 aromatic heterocycles. The van der Waals surface area contributed by atoms with Crippen molar-refractivity contribution in [2.75, 3.05) is 6.54 Å². The Labute approximate surface area is 190 Å². The molecule has 0 radical (unpaired) electrons. The van der Waals surface area contributed by atoms with Crippen LogP contribution in [0, 0.1) is 0 Å². The molecule has 0 aromatic carbocycles. The van der Waals surface area contributed by atoms with E-state index in [-0.39, 0.29) is 31.8 Å². The van der Waals surface area contributed by atoms with Gasteiger partial charge in [0.1, 0.15) is 12.1 Å². The first-order valence-corrected chi connectivity index (χ1v) is 10.2. The van der Waals surface area contributed by atoms with Crippen molar-refractivity contribution in [2.45, 2.75) is 69.8 Å². The molecule has 4 amide bonds. The fraction of sp³-hybridized carbons (Fsp3) is 0.667. The van der Waals surface area contributed by atoms with Crippen molar-refractivity contribution in [2.24, 2.45) is 27.9 Å². The topological polar surface area (TPSA) is 278 Å². The van der Waals surface area contributed by atoms with E-state index in [0.29, 0.717) is 6.42 Å². The highest BCUT2D eigenvalue weighted by atomic mass is 16.4. The number of carbonyl (C=O) groups is 5. The van der Waals surface area contributed by atoms with Crippen LogP contribution in [0.3, 0.4) is 0 Å². The number of carboxylic acids is 1. The van der Waals surface area contributed by atoms with Gasteiger partial charge in [0.2, 0.25) is 23.6 Å². The SMILES string of the molecule is CC(NC(=O)C(N)CCCN=C(N)N)C(=O)NC(CCC(N)=O)C(=O)NC(C(=O)O)C(C)O. The molecule has 0 fully saturated rings. The third kappa shape index (κ3) is 12.2. The van der Waals surface area contributed by atoms with Crippen molar-refractivity contribution in [3.8, 4) is 0 Å². The van der Waals surface area contributed by atoms with Gasteiger partial charge in [-0.3, -0.25) is 24.2 Å². The first kappa shape index (κ1) is 29.5. The number of rotatable bonds is 15. The van der Waals surface area contributed by atoms with Crippen molar-refractivity contribution in [3.63, 3.8) is 0 Å². The monoisotopic (exact) mass is 474 g/mol. The maximum Gasteiger partial charge on any atom is 0.328 e. The number of amides is 4. The Morgan fingerprint density at radius 1 is 0.909 bits per heavy atom. The summed E-state index contributed by atoms with van der Waals surface area (Å²) in [5.41, 5.74) is 21.3. The normalized spacial score (nSPS) is 15.2. The zero-order valence-corrected chi connectivity index (χ0v) is 18.6. The van der Waals surface area contributed by atoms with Crippen molar-refractivity contribution in [3.05, 3.63) is 0 Å². The summed E-state index contributed by atoms with van der Waals surface area (Å²) in [4.78, 5) is 63.2. The van der Waals surface area contributed by atoms with Crippen LogP contribution in [0.2, 0.25) is 0 Å². The first-order valence-electron chi connectivity index (χ1n) is 10.2. The molecule has 0 aliphatic carbocycles. The van der Waals surface area contributed by atoms with E-state index in [1.54, 1.807) is 0 Å². The van der Waals surface area contributed by atoms with Gasteiger partial charge in [-0.2, -0.15) is 0 Å². The molecule has 13 N–H and O–H groups in total. The molecule has 5 unspecified atom stereocenters. The molecule has 0 aliphatic rings. The lowest BCUT2D eigenvalue weighted by Crippen LogP contribution is -2.57. The number of carbonyl (C=O) groups excluding carboxylic acids is 4. The highest BCUT2D eigenvalue weighted by Gasteiger charge is 2.31. The average molecular weight is 475 g/mol. The van der Waals surface area contributed by atoms with Crippen LogP contribution in [0.4, 0.5) is 0 Å². The number of aliphatic hydroxyl groups excluding tert-OH is 1. The predicted octanol–water partition coefficient (Wildman–Crippen LogP) is -4.43. The quantitative estimate of drug-likeness (QED) is 0.0623. The van der Waals surface area contributed by atoms with E-state index in [9.17, 15) is 29.1 Å². The molecule has 0 rings (SSSR count). The molecule has 0 heterocycles. The zero-order valence-electron chi connectivity index (χ0n) is 18.6. The Bertz CT molecular complexity index is 739. The highest BCUT2D eigenvalue weighted by molar-refractivity contribution is 5.94. The van der Waals surface area contributed by atoms with Gasteiger partial charge in [0, 0.05) is 13.0 Å². The summed E-state index contributed by atoms with van der Waals surface area (Å²) in [6, 6.07) is -5.04. The number of hydrogen-bond donors (Lipinski definition) is 9. The van der Waals surface area contributed by atoms with Gasteiger partial charge >= 0.3 is 5.97 Å². The van der Waals surface area contributed by atoms with E-state index in [2.05, 4.69) is 20.9 Å². The van der Waals surface area contributed by atoms with E-state index in [4.69, 9.17) is 28.0 Å². The molecule has 0 bridgehead atoms. The van der Waals surface area contributed by atoms with Crippen LogP contribution in [0.5, 0.6) is 0 Å². The number of hydrogen-bond acceptors (Lipinski definition) is 8. The highest BCUT2D eigenvalue weighted by Crippen LogP contribution is 2.02. The lowest BCUT2D eigenvalue weighted by atomic mass is 10.1. The number of aliphatic hydroxyl groups is 1. The van der Waals surface area contributed by atoms with Crippen LogP contribution in [0.1, 0.15) is 39.5 Å². The molecule has 5 atom stereocenters. The number of nitrogens with two attached hydrogens (primary N) is 4. The van der Waals surface area contributed by atoms with Gasteiger partial charge in [0.25, 0.3) is 0 Å².